The number of rotatable bonds is 6. The van der Waals surface area contributed by atoms with Gasteiger partial charge in [-0.25, -0.2) is 4.79 Å². The maximum absolute atomic E-state index is 12.3. The fourth-order valence-electron chi connectivity index (χ4n) is 3.51. The van der Waals surface area contributed by atoms with Crippen LogP contribution in [0, 0.1) is 0 Å². The molecular weight excluding hydrogens is 318 g/mol. The molecule has 0 bridgehead atoms. The Labute approximate surface area is 148 Å². The van der Waals surface area contributed by atoms with Gasteiger partial charge in [0.15, 0.2) is 0 Å². The zero-order chi connectivity index (χ0) is 17.6. The van der Waals surface area contributed by atoms with Gasteiger partial charge in [-0.1, -0.05) is 12.1 Å². The van der Waals surface area contributed by atoms with Gasteiger partial charge < -0.3 is 20.3 Å². The molecule has 3 amide bonds. The fraction of sp³-hybridized carbons (Fsp3) is 0.579. The van der Waals surface area contributed by atoms with Gasteiger partial charge in [0.25, 0.3) is 0 Å². The highest BCUT2D eigenvalue weighted by Gasteiger charge is 2.23. The van der Waals surface area contributed by atoms with E-state index in [2.05, 4.69) is 10.6 Å². The molecule has 136 valence electrons. The SMILES string of the molecule is C[C@H](CN1CCCC1=O)NC(=O)Nc1ccccc1OC1CCCC1. The van der Waals surface area contributed by atoms with Crippen LogP contribution in [-0.2, 0) is 4.79 Å². The molecule has 1 aliphatic heterocycles. The second kappa shape index (κ2) is 8.23. The molecule has 1 aromatic carbocycles. The van der Waals surface area contributed by atoms with Crippen LogP contribution < -0.4 is 15.4 Å². The van der Waals surface area contributed by atoms with Crippen molar-refractivity contribution in [1.82, 2.24) is 10.2 Å². The molecular formula is C19H27N3O3. The smallest absolute Gasteiger partial charge is 0.319 e. The number of hydrogen-bond acceptors (Lipinski definition) is 3. The van der Waals surface area contributed by atoms with Gasteiger partial charge in [0.2, 0.25) is 5.91 Å². The van der Waals surface area contributed by atoms with E-state index in [-0.39, 0.29) is 24.1 Å². The van der Waals surface area contributed by atoms with Gasteiger partial charge in [-0.15, -0.1) is 0 Å². The van der Waals surface area contributed by atoms with Crippen LogP contribution in [-0.4, -0.2) is 42.1 Å². The van der Waals surface area contributed by atoms with E-state index in [1.54, 1.807) is 0 Å². The van der Waals surface area contributed by atoms with E-state index in [1.807, 2.05) is 36.1 Å². The summed E-state index contributed by atoms with van der Waals surface area (Å²) >= 11 is 0. The van der Waals surface area contributed by atoms with E-state index < -0.39 is 0 Å². The number of nitrogens with one attached hydrogen (secondary N) is 2. The Morgan fingerprint density at radius 1 is 1.28 bits per heavy atom. The molecule has 6 nitrogen and oxygen atoms in total. The second-order valence-electron chi connectivity index (χ2n) is 6.96. The van der Waals surface area contributed by atoms with Gasteiger partial charge in [0, 0.05) is 25.6 Å². The minimum atomic E-state index is -0.276. The number of hydrogen-bond donors (Lipinski definition) is 2. The molecule has 1 aromatic rings. The van der Waals surface area contributed by atoms with Crippen molar-refractivity contribution in [2.75, 3.05) is 18.4 Å². The first kappa shape index (κ1) is 17.6. The van der Waals surface area contributed by atoms with Crippen molar-refractivity contribution in [1.29, 1.82) is 0 Å². The van der Waals surface area contributed by atoms with Crippen molar-refractivity contribution in [2.24, 2.45) is 0 Å². The minimum absolute atomic E-state index is 0.107. The third kappa shape index (κ3) is 4.87. The molecule has 0 spiro atoms. The van der Waals surface area contributed by atoms with Crippen LogP contribution in [0.3, 0.4) is 0 Å². The van der Waals surface area contributed by atoms with Gasteiger partial charge in [-0.3, -0.25) is 4.79 Å². The molecule has 6 heteroatoms. The van der Waals surface area contributed by atoms with Crippen LogP contribution in [0.15, 0.2) is 24.3 Å². The quantitative estimate of drug-likeness (QED) is 0.832. The Morgan fingerprint density at radius 2 is 2.04 bits per heavy atom. The maximum Gasteiger partial charge on any atom is 0.319 e. The molecule has 0 aromatic heterocycles. The first-order valence-electron chi connectivity index (χ1n) is 9.23. The molecule has 2 N–H and O–H groups in total. The van der Waals surface area contributed by atoms with Crippen molar-refractivity contribution in [3.63, 3.8) is 0 Å². The monoisotopic (exact) mass is 345 g/mol. The van der Waals surface area contributed by atoms with Crippen molar-refractivity contribution in [2.45, 2.75) is 57.6 Å². The summed E-state index contributed by atoms with van der Waals surface area (Å²) in [6.07, 6.45) is 6.31. The summed E-state index contributed by atoms with van der Waals surface area (Å²) in [5, 5.41) is 5.77. The van der Waals surface area contributed by atoms with Crippen LogP contribution in [0.5, 0.6) is 5.75 Å². The summed E-state index contributed by atoms with van der Waals surface area (Å²) in [5.74, 6) is 0.885. The van der Waals surface area contributed by atoms with E-state index in [9.17, 15) is 9.59 Å². The second-order valence-corrected chi connectivity index (χ2v) is 6.96. The number of para-hydroxylation sites is 2. The Balaban J connectivity index is 1.52. The predicted octanol–water partition coefficient (Wildman–Crippen LogP) is 3.14. The van der Waals surface area contributed by atoms with Gasteiger partial charge in [0.05, 0.1) is 11.8 Å². The maximum atomic E-state index is 12.3. The molecule has 0 radical (unpaired) electrons. The molecule has 25 heavy (non-hydrogen) atoms. The van der Waals surface area contributed by atoms with Crippen molar-refractivity contribution >= 4 is 17.6 Å². The number of nitrogens with zero attached hydrogens (tertiary/aromatic N) is 1. The standard InChI is InChI=1S/C19H27N3O3/c1-14(13-22-12-6-11-18(22)23)20-19(24)21-16-9-4-5-10-17(16)25-15-7-2-3-8-15/h4-5,9-10,14-15H,2-3,6-8,11-13H2,1H3,(H2,20,21,24)/t14-/m1/s1. The highest BCUT2D eigenvalue weighted by atomic mass is 16.5. The Bertz CT molecular complexity index is 614. The largest absolute Gasteiger partial charge is 0.488 e. The molecule has 0 unspecified atom stereocenters. The van der Waals surface area contributed by atoms with Crippen LogP contribution in [0.2, 0.25) is 0 Å². The normalized spacial score (nSPS) is 19.1. The zero-order valence-corrected chi connectivity index (χ0v) is 14.8. The zero-order valence-electron chi connectivity index (χ0n) is 14.8. The Morgan fingerprint density at radius 3 is 2.76 bits per heavy atom. The number of amides is 3. The number of anilines is 1. The number of benzene rings is 1. The summed E-state index contributed by atoms with van der Waals surface area (Å²) in [4.78, 5) is 25.8. The lowest BCUT2D eigenvalue weighted by molar-refractivity contribution is -0.127. The highest BCUT2D eigenvalue weighted by molar-refractivity contribution is 5.91. The lowest BCUT2D eigenvalue weighted by Crippen LogP contribution is -2.44. The summed E-state index contributed by atoms with van der Waals surface area (Å²) in [7, 11) is 0. The molecule has 1 heterocycles. The fourth-order valence-corrected chi connectivity index (χ4v) is 3.51. The highest BCUT2D eigenvalue weighted by Crippen LogP contribution is 2.29. The van der Waals surface area contributed by atoms with Gasteiger partial charge >= 0.3 is 6.03 Å². The number of likely N-dealkylation sites (tertiary alicyclic amines) is 1. The molecule has 3 rings (SSSR count). The molecule has 1 saturated heterocycles. The number of ether oxygens (including phenoxy) is 1. The third-order valence-electron chi connectivity index (χ3n) is 4.77. The molecule has 1 saturated carbocycles. The van der Waals surface area contributed by atoms with E-state index in [0.29, 0.717) is 24.4 Å². The Kier molecular flexibility index (Phi) is 5.79. The summed E-state index contributed by atoms with van der Waals surface area (Å²) in [6.45, 7) is 3.24. The first-order chi connectivity index (χ1) is 12.1. The molecule has 2 aliphatic rings. The van der Waals surface area contributed by atoms with Crippen LogP contribution in [0.1, 0.15) is 45.4 Å². The van der Waals surface area contributed by atoms with E-state index in [4.69, 9.17) is 4.74 Å². The minimum Gasteiger partial charge on any atom is -0.488 e. The average molecular weight is 345 g/mol. The lowest BCUT2D eigenvalue weighted by Gasteiger charge is -2.22. The summed E-state index contributed by atoms with van der Waals surface area (Å²) in [6, 6.07) is 7.14. The number of carbonyl (C=O) groups excluding carboxylic acids is 2. The lowest BCUT2D eigenvalue weighted by atomic mass is 10.2. The van der Waals surface area contributed by atoms with Crippen molar-refractivity contribution in [3.05, 3.63) is 24.3 Å². The Hall–Kier alpha value is -2.24. The molecule has 1 aliphatic carbocycles. The molecule has 1 atom stereocenters. The van der Waals surface area contributed by atoms with Gasteiger partial charge in [-0.05, 0) is 51.2 Å². The van der Waals surface area contributed by atoms with E-state index in [1.165, 1.54) is 12.8 Å². The van der Waals surface area contributed by atoms with Crippen LogP contribution in [0.4, 0.5) is 10.5 Å². The van der Waals surface area contributed by atoms with E-state index in [0.717, 1.165) is 25.8 Å². The summed E-state index contributed by atoms with van der Waals surface area (Å²) in [5.41, 5.74) is 0.677. The number of carbonyl (C=O) groups is 2. The van der Waals surface area contributed by atoms with Crippen LogP contribution in [0.25, 0.3) is 0 Å². The number of urea groups is 1. The first-order valence-corrected chi connectivity index (χ1v) is 9.23. The van der Waals surface area contributed by atoms with Gasteiger partial charge in [0.1, 0.15) is 5.75 Å². The van der Waals surface area contributed by atoms with Gasteiger partial charge in [-0.2, -0.15) is 0 Å². The molecule has 2 fully saturated rings. The predicted molar refractivity (Wildman–Crippen MR) is 96.8 cm³/mol. The van der Waals surface area contributed by atoms with Crippen molar-refractivity contribution in [3.8, 4) is 5.75 Å². The third-order valence-corrected chi connectivity index (χ3v) is 4.77. The average Bonchev–Trinajstić information content (AvgIpc) is 3.22. The van der Waals surface area contributed by atoms with E-state index >= 15 is 0 Å². The summed E-state index contributed by atoms with van der Waals surface area (Å²) < 4.78 is 6.04. The topological polar surface area (TPSA) is 70.7 Å². The van der Waals surface area contributed by atoms with Crippen molar-refractivity contribution < 1.29 is 14.3 Å². The van der Waals surface area contributed by atoms with Crippen LogP contribution >= 0.6 is 0 Å².